The van der Waals surface area contributed by atoms with Gasteiger partial charge >= 0.3 is 0 Å². The molecule has 6 heteroatoms. The average molecular weight is 335 g/mol. The summed E-state index contributed by atoms with van der Waals surface area (Å²) in [6.45, 7) is 5.52. The highest BCUT2D eigenvalue weighted by Gasteiger charge is 2.21. The average Bonchev–Trinajstić information content (AvgIpc) is 2.36. The third-order valence-electron chi connectivity index (χ3n) is 2.84. The molecule has 4 nitrogen and oxygen atoms in total. The van der Waals surface area contributed by atoms with Crippen molar-refractivity contribution in [3.8, 4) is 0 Å². The summed E-state index contributed by atoms with van der Waals surface area (Å²) in [5.41, 5.74) is 0.692. The molecule has 1 rings (SSSR count). The van der Waals surface area contributed by atoms with Crippen molar-refractivity contribution in [3.63, 3.8) is 0 Å². The maximum atomic E-state index is 11.8. The van der Waals surface area contributed by atoms with Gasteiger partial charge in [-0.25, -0.2) is 0 Å². The number of ether oxygens (including phenoxy) is 1. The Morgan fingerprint density at radius 1 is 1.33 bits per heavy atom. The fourth-order valence-corrected chi connectivity index (χ4v) is 2.16. The van der Waals surface area contributed by atoms with Crippen LogP contribution >= 0.6 is 24.0 Å². The third-order valence-corrected chi connectivity index (χ3v) is 3.21. The fourth-order valence-electron chi connectivity index (χ4n) is 1.96. The molecule has 0 fully saturated rings. The van der Waals surface area contributed by atoms with Crippen LogP contribution in [0.15, 0.2) is 24.3 Å². The van der Waals surface area contributed by atoms with Crippen LogP contribution in [-0.4, -0.2) is 38.3 Å². The lowest BCUT2D eigenvalue weighted by molar-refractivity contribution is -0.121. The summed E-state index contributed by atoms with van der Waals surface area (Å²) >= 11 is 6.15. The zero-order chi connectivity index (χ0) is 15.0. The first-order chi connectivity index (χ1) is 9.44. The van der Waals surface area contributed by atoms with E-state index in [1.807, 2.05) is 38.1 Å². The lowest BCUT2D eigenvalue weighted by atomic mass is 9.95. The van der Waals surface area contributed by atoms with Crippen LogP contribution in [0.2, 0.25) is 5.02 Å². The van der Waals surface area contributed by atoms with Crippen LogP contribution in [0.4, 0.5) is 0 Å². The number of hydrogen-bond donors (Lipinski definition) is 2. The number of nitrogens with one attached hydrogen (secondary N) is 2. The van der Waals surface area contributed by atoms with Crippen molar-refractivity contribution in [3.05, 3.63) is 34.9 Å². The molecule has 1 aromatic carbocycles. The number of halogens is 2. The molecular weight excluding hydrogens is 311 g/mol. The van der Waals surface area contributed by atoms with Gasteiger partial charge in [0, 0.05) is 24.2 Å². The van der Waals surface area contributed by atoms with E-state index < -0.39 is 0 Å². The molecule has 0 aliphatic carbocycles. The molecule has 2 N–H and O–H groups in total. The monoisotopic (exact) mass is 334 g/mol. The zero-order valence-electron chi connectivity index (χ0n) is 12.7. The summed E-state index contributed by atoms with van der Waals surface area (Å²) in [6.07, 6.45) is 0.691. The summed E-state index contributed by atoms with van der Waals surface area (Å²) in [5.74, 6) is -0.0295. The number of amides is 1. The molecule has 1 aromatic rings. The molecule has 0 unspecified atom stereocenters. The van der Waals surface area contributed by atoms with Gasteiger partial charge in [-0.15, -0.1) is 12.4 Å². The molecule has 0 aliphatic heterocycles. The van der Waals surface area contributed by atoms with Crippen LogP contribution in [-0.2, 0) is 16.0 Å². The molecule has 1 amide bonds. The molecule has 0 bridgehead atoms. The van der Waals surface area contributed by atoms with Crippen molar-refractivity contribution >= 4 is 29.9 Å². The Balaban J connectivity index is 0.00000400. The molecular formula is C15H24Cl2N2O2. The Kier molecular flexibility index (Phi) is 9.62. The van der Waals surface area contributed by atoms with Crippen LogP contribution in [0.1, 0.15) is 19.4 Å². The van der Waals surface area contributed by atoms with Crippen molar-refractivity contribution < 1.29 is 9.53 Å². The van der Waals surface area contributed by atoms with Crippen molar-refractivity contribution in [1.29, 1.82) is 0 Å². The van der Waals surface area contributed by atoms with Gasteiger partial charge in [0.1, 0.15) is 0 Å². The predicted molar refractivity (Wildman–Crippen MR) is 89.4 cm³/mol. The normalized spacial score (nSPS) is 10.9. The van der Waals surface area contributed by atoms with E-state index >= 15 is 0 Å². The van der Waals surface area contributed by atoms with Crippen molar-refractivity contribution in [2.24, 2.45) is 0 Å². The largest absolute Gasteiger partial charge is 0.383 e. The van der Waals surface area contributed by atoms with Gasteiger partial charge in [-0.2, -0.15) is 0 Å². The van der Waals surface area contributed by atoms with Crippen LogP contribution in [0.25, 0.3) is 0 Å². The van der Waals surface area contributed by atoms with E-state index in [1.54, 1.807) is 7.11 Å². The van der Waals surface area contributed by atoms with E-state index in [-0.39, 0.29) is 30.4 Å². The Morgan fingerprint density at radius 2 is 2.00 bits per heavy atom. The van der Waals surface area contributed by atoms with Crippen molar-refractivity contribution in [1.82, 2.24) is 10.6 Å². The quantitative estimate of drug-likeness (QED) is 0.718. The first kappa shape index (κ1) is 20.2. The van der Waals surface area contributed by atoms with E-state index in [0.29, 0.717) is 19.6 Å². The molecule has 21 heavy (non-hydrogen) atoms. The molecule has 120 valence electrons. The summed E-state index contributed by atoms with van der Waals surface area (Å²) in [7, 11) is 1.63. The maximum Gasteiger partial charge on any atom is 0.234 e. The van der Waals surface area contributed by atoms with E-state index in [1.165, 1.54) is 0 Å². The number of carbonyl (C=O) groups excluding carboxylic acids is 1. The van der Waals surface area contributed by atoms with Gasteiger partial charge in [-0.05, 0) is 31.9 Å². The van der Waals surface area contributed by atoms with Crippen molar-refractivity contribution in [2.75, 3.05) is 26.8 Å². The van der Waals surface area contributed by atoms with Gasteiger partial charge in [0.15, 0.2) is 0 Å². The van der Waals surface area contributed by atoms with Gasteiger partial charge < -0.3 is 15.4 Å². The molecule has 0 atom stereocenters. The highest BCUT2D eigenvalue weighted by molar-refractivity contribution is 6.31. The lowest BCUT2D eigenvalue weighted by Crippen LogP contribution is -2.48. The maximum absolute atomic E-state index is 11.8. The second kappa shape index (κ2) is 10.0. The Bertz CT molecular complexity index is 439. The number of benzene rings is 1. The van der Waals surface area contributed by atoms with Gasteiger partial charge in [0.2, 0.25) is 5.91 Å². The zero-order valence-corrected chi connectivity index (χ0v) is 14.3. The number of hydrogen-bond acceptors (Lipinski definition) is 3. The van der Waals surface area contributed by atoms with E-state index in [4.69, 9.17) is 16.3 Å². The molecule has 0 saturated heterocycles. The molecule has 0 saturated carbocycles. The van der Waals surface area contributed by atoms with Crippen LogP contribution in [0, 0.1) is 0 Å². The number of carbonyl (C=O) groups is 1. The molecule has 0 radical (unpaired) electrons. The van der Waals surface area contributed by atoms with Crippen LogP contribution in [0.3, 0.4) is 0 Å². The highest BCUT2D eigenvalue weighted by Crippen LogP contribution is 2.20. The molecule has 0 aromatic heterocycles. The van der Waals surface area contributed by atoms with Gasteiger partial charge in [-0.3, -0.25) is 4.79 Å². The minimum atomic E-state index is -0.342. The van der Waals surface area contributed by atoms with Gasteiger partial charge in [0.25, 0.3) is 0 Å². The first-order valence-corrected chi connectivity index (χ1v) is 7.06. The van der Waals surface area contributed by atoms with Crippen molar-refractivity contribution in [2.45, 2.75) is 25.8 Å². The standard InChI is InChI=1S/C15H23ClN2O2.ClH/c1-15(2,10-12-6-4-5-7-13(12)16)18-14(19)11-17-8-9-20-3;/h4-7,17H,8-11H2,1-3H3,(H,18,19);1H. The fraction of sp³-hybridized carbons (Fsp3) is 0.533. The summed E-state index contributed by atoms with van der Waals surface area (Å²) in [6, 6.07) is 7.69. The minimum Gasteiger partial charge on any atom is -0.383 e. The highest BCUT2D eigenvalue weighted by atomic mass is 35.5. The van der Waals surface area contributed by atoms with E-state index in [2.05, 4.69) is 10.6 Å². The number of rotatable bonds is 8. The first-order valence-electron chi connectivity index (χ1n) is 6.69. The smallest absolute Gasteiger partial charge is 0.234 e. The van der Waals surface area contributed by atoms with Gasteiger partial charge in [-0.1, -0.05) is 29.8 Å². The molecule has 0 heterocycles. The Hall–Kier alpha value is -0.810. The van der Waals surface area contributed by atoms with E-state index in [9.17, 15) is 4.79 Å². The summed E-state index contributed by atoms with van der Waals surface area (Å²) in [5, 5.41) is 6.76. The lowest BCUT2D eigenvalue weighted by Gasteiger charge is -2.27. The molecule has 0 spiro atoms. The second-order valence-corrected chi connectivity index (χ2v) is 5.78. The van der Waals surface area contributed by atoms with Crippen LogP contribution < -0.4 is 10.6 Å². The Morgan fingerprint density at radius 3 is 2.62 bits per heavy atom. The van der Waals surface area contributed by atoms with E-state index in [0.717, 1.165) is 10.6 Å². The van der Waals surface area contributed by atoms with Gasteiger partial charge in [0.05, 0.1) is 13.2 Å². The topological polar surface area (TPSA) is 50.4 Å². The summed E-state index contributed by atoms with van der Waals surface area (Å²) in [4.78, 5) is 11.8. The SMILES string of the molecule is COCCNCC(=O)NC(C)(C)Cc1ccccc1Cl.Cl. The Labute approximate surface area is 138 Å². The summed E-state index contributed by atoms with van der Waals surface area (Å²) < 4.78 is 4.91. The number of methoxy groups -OCH3 is 1. The third kappa shape index (κ3) is 8.27. The van der Waals surface area contributed by atoms with Crippen LogP contribution in [0.5, 0.6) is 0 Å². The minimum absolute atomic E-state index is 0. The predicted octanol–water partition coefficient (Wildman–Crippen LogP) is 2.44. The molecule has 0 aliphatic rings. The second-order valence-electron chi connectivity index (χ2n) is 5.37.